The second-order valence-electron chi connectivity index (χ2n) is 4.98. The third-order valence-corrected chi connectivity index (χ3v) is 2.45. The van der Waals surface area contributed by atoms with Crippen molar-refractivity contribution in [3.05, 3.63) is 0 Å². The Hall–Kier alpha value is -1.59. The van der Waals surface area contributed by atoms with E-state index in [-0.39, 0.29) is 18.9 Å². The summed E-state index contributed by atoms with van der Waals surface area (Å²) in [7, 11) is 0. The van der Waals surface area contributed by atoms with Crippen molar-refractivity contribution in [2.24, 2.45) is 5.92 Å². The van der Waals surface area contributed by atoms with E-state index >= 15 is 0 Å². The second-order valence-corrected chi connectivity index (χ2v) is 4.98. The van der Waals surface area contributed by atoms with Gasteiger partial charge < -0.3 is 15.7 Å². The molecule has 0 bridgehead atoms. The van der Waals surface area contributed by atoms with Crippen molar-refractivity contribution in [2.75, 3.05) is 13.1 Å². The minimum absolute atomic E-state index is 0.102. The molecule has 1 unspecified atom stereocenters. The van der Waals surface area contributed by atoms with Gasteiger partial charge in [0.2, 0.25) is 11.8 Å². The zero-order chi connectivity index (χ0) is 22.7. The Labute approximate surface area is 168 Å². The first-order valence-corrected chi connectivity index (χ1v) is 10.6. The maximum atomic E-state index is 11.4. The predicted octanol–water partition coefficient (Wildman–Crippen LogP) is 5.01. The minimum atomic E-state index is -1.03. The average molecular weight is 393 g/mol. The third-order valence-electron chi connectivity index (χ3n) is 2.45. The number of hydrogen-bond acceptors (Lipinski definition) is 3. The summed E-state index contributed by atoms with van der Waals surface area (Å²) in [5.74, 6) is -2.32. The van der Waals surface area contributed by atoms with Crippen LogP contribution in [0.4, 0.5) is 0 Å². The zero-order valence-electron chi connectivity index (χ0n) is 19.7. The van der Waals surface area contributed by atoms with Crippen molar-refractivity contribution >= 4 is 17.8 Å². The highest BCUT2D eigenvalue weighted by Crippen LogP contribution is 2.00. The van der Waals surface area contributed by atoms with Crippen LogP contribution in [0.1, 0.15) is 101 Å². The molecule has 0 saturated carbocycles. The molecule has 27 heavy (non-hydrogen) atoms. The van der Waals surface area contributed by atoms with E-state index in [0.29, 0.717) is 6.54 Å². The molecule has 0 radical (unpaired) electrons. The van der Waals surface area contributed by atoms with E-state index in [1.165, 1.54) is 13.3 Å². The molecule has 0 spiro atoms. The highest BCUT2D eigenvalue weighted by molar-refractivity contribution is 5.87. The molecule has 2 amide bonds. The molecule has 0 rings (SSSR count). The quantitative estimate of drug-likeness (QED) is 0.480. The SMILES string of the molecule is CC.CC.CC.CCC.CCCCCNC(=O)CNC(=O)C(C)CC(=O)O. The fourth-order valence-electron chi connectivity index (χ4n) is 1.36. The maximum absolute atomic E-state index is 11.4. The van der Waals surface area contributed by atoms with Gasteiger partial charge in [-0.15, -0.1) is 0 Å². The number of unbranched alkanes of at least 4 members (excludes halogenated alkanes) is 2. The van der Waals surface area contributed by atoms with Gasteiger partial charge in [-0.2, -0.15) is 0 Å². The number of nitrogens with one attached hydrogen (secondary N) is 2. The number of carbonyl (C=O) groups excluding carboxylic acids is 2. The Bertz CT molecular complexity index is 309. The van der Waals surface area contributed by atoms with Gasteiger partial charge in [0.1, 0.15) is 0 Å². The van der Waals surface area contributed by atoms with Crippen LogP contribution in [0.25, 0.3) is 0 Å². The van der Waals surface area contributed by atoms with E-state index in [2.05, 4.69) is 31.4 Å². The van der Waals surface area contributed by atoms with Gasteiger partial charge in [0.15, 0.2) is 0 Å². The monoisotopic (exact) mass is 392 g/mol. The molecule has 0 aromatic heterocycles. The summed E-state index contributed by atoms with van der Waals surface area (Å²) < 4.78 is 0. The molecular weight excluding hydrogens is 344 g/mol. The van der Waals surface area contributed by atoms with Gasteiger partial charge in [0, 0.05) is 12.5 Å². The normalized spacial score (nSPS) is 9.11. The molecular formula is C21H48N2O4. The fourth-order valence-corrected chi connectivity index (χ4v) is 1.36. The molecule has 6 nitrogen and oxygen atoms in total. The van der Waals surface area contributed by atoms with Crippen molar-refractivity contribution in [3.8, 4) is 0 Å². The summed E-state index contributed by atoms with van der Waals surface area (Å²) in [6.45, 7) is 20.3. The van der Waals surface area contributed by atoms with Gasteiger partial charge in [-0.25, -0.2) is 0 Å². The van der Waals surface area contributed by atoms with Crippen LogP contribution in [0.2, 0.25) is 0 Å². The Morgan fingerprint density at radius 1 is 0.852 bits per heavy atom. The summed E-state index contributed by atoms with van der Waals surface area (Å²) >= 11 is 0. The number of carboxylic acids is 1. The van der Waals surface area contributed by atoms with Gasteiger partial charge in [0.25, 0.3) is 0 Å². The van der Waals surface area contributed by atoms with Crippen LogP contribution < -0.4 is 10.6 Å². The van der Waals surface area contributed by atoms with E-state index in [1.807, 2.05) is 41.5 Å². The first kappa shape index (κ1) is 36.3. The molecule has 0 aliphatic rings. The lowest BCUT2D eigenvalue weighted by molar-refractivity contribution is -0.140. The summed E-state index contributed by atoms with van der Waals surface area (Å²) in [6.07, 6.45) is 4.08. The second kappa shape index (κ2) is 35.5. The first-order valence-electron chi connectivity index (χ1n) is 10.6. The van der Waals surface area contributed by atoms with E-state index in [4.69, 9.17) is 5.11 Å². The van der Waals surface area contributed by atoms with Crippen LogP contribution >= 0.6 is 0 Å². The maximum Gasteiger partial charge on any atom is 0.304 e. The van der Waals surface area contributed by atoms with Gasteiger partial charge in [-0.05, 0) is 6.42 Å². The van der Waals surface area contributed by atoms with Crippen molar-refractivity contribution < 1.29 is 19.5 Å². The Kier molecular flexibility index (Phi) is 47.8. The number of amides is 2. The van der Waals surface area contributed by atoms with Gasteiger partial charge in [0.05, 0.1) is 13.0 Å². The molecule has 6 heteroatoms. The fraction of sp³-hybridized carbons (Fsp3) is 0.857. The third kappa shape index (κ3) is 40.4. The van der Waals surface area contributed by atoms with Crippen LogP contribution in [-0.4, -0.2) is 36.0 Å². The smallest absolute Gasteiger partial charge is 0.304 e. The summed E-state index contributed by atoms with van der Waals surface area (Å²) in [4.78, 5) is 33.1. The molecule has 3 N–H and O–H groups in total. The number of rotatable bonds is 9. The Morgan fingerprint density at radius 2 is 1.30 bits per heavy atom. The first-order chi connectivity index (χ1) is 12.9. The zero-order valence-corrected chi connectivity index (χ0v) is 19.7. The minimum Gasteiger partial charge on any atom is -0.481 e. The molecule has 0 aromatic carbocycles. The number of aliphatic carboxylic acids is 1. The molecule has 166 valence electrons. The van der Waals surface area contributed by atoms with E-state index < -0.39 is 17.8 Å². The van der Waals surface area contributed by atoms with Crippen LogP contribution in [-0.2, 0) is 14.4 Å². The number of carboxylic acid groups (broad SMARTS) is 1. The van der Waals surface area contributed by atoms with Gasteiger partial charge in [-0.1, -0.05) is 88.5 Å². The molecule has 0 aromatic rings. The predicted molar refractivity (Wildman–Crippen MR) is 117 cm³/mol. The number of hydrogen-bond donors (Lipinski definition) is 3. The van der Waals surface area contributed by atoms with Crippen LogP contribution in [0.15, 0.2) is 0 Å². The topological polar surface area (TPSA) is 95.5 Å². The van der Waals surface area contributed by atoms with Crippen LogP contribution in [0.5, 0.6) is 0 Å². The van der Waals surface area contributed by atoms with Crippen molar-refractivity contribution in [3.63, 3.8) is 0 Å². The Balaban J connectivity index is -0.000000153. The molecule has 0 heterocycles. The number of carbonyl (C=O) groups is 3. The van der Waals surface area contributed by atoms with Crippen LogP contribution in [0, 0.1) is 5.92 Å². The summed E-state index contributed by atoms with van der Waals surface area (Å²) in [5, 5.41) is 13.6. The standard InChI is InChI=1S/C12H22N2O4.C3H8.3C2H6/c1-3-4-5-6-13-10(15)8-14-12(18)9(2)7-11(16)17;1-3-2;3*1-2/h9H,3-8H2,1-2H3,(H,13,15)(H,14,18)(H,16,17);3H2,1-2H3;3*1-2H3. The van der Waals surface area contributed by atoms with E-state index in [1.54, 1.807) is 0 Å². The molecule has 0 aliphatic carbocycles. The van der Waals surface area contributed by atoms with Crippen LogP contribution in [0.3, 0.4) is 0 Å². The molecule has 0 fully saturated rings. The van der Waals surface area contributed by atoms with Gasteiger partial charge in [-0.3, -0.25) is 14.4 Å². The van der Waals surface area contributed by atoms with Gasteiger partial charge >= 0.3 is 5.97 Å². The van der Waals surface area contributed by atoms with Crippen molar-refractivity contribution in [1.29, 1.82) is 0 Å². The average Bonchev–Trinajstić information content (AvgIpc) is 2.68. The lowest BCUT2D eigenvalue weighted by Gasteiger charge is -2.10. The van der Waals surface area contributed by atoms with E-state index in [0.717, 1.165) is 19.3 Å². The Morgan fingerprint density at radius 3 is 1.67 bits per heavy atom. The lowest BCUT2D eigenvalue weighted by Crippen LogP contribution is -2.39. The van der Waals surface area contributed by atoms with Crippen molar-refractivity contribution in [2.45, 2.75) is 101 Å². The molecule has 1 atom stereocenters. The lowest BCUT2D eigenvalue weighted by atomic mass is 10.1. The highest BCUT2D eigenvalue weighted by atomic mass is 16.4. The summed E-state index contributed by atoms with van der Waals surface area (Å²) in [5.41, 5.74) is 0. The van der Waals surface area contributed by atoms with Crippen molar-refractivity contribution in [1.82, 2.24) is 10.6 Å². The summed E-state index contributed by atoms with van der Waals surface area (Å²) in [6, 6.07) is 0. The molecule has 0 aliphatic heterocycles. The molecule has 0 saturated heterocycles. The largest absolute Gasteiger partial charge is 0.481 e. The van der Waals surface area contributed by atoms with E-state index in [9.17, 15) is 14.4 Å². The highest BCUT2D eigenvalue weighted by Gasteiger charge is 2.16.